The summed E-state index contributed by atoms with van der Waals surface area (Å²) in [5.41, 5.74) is 7.23. The molecule has 0 spiro atoms. The van der Waals surface area contributed by atoms with E-state index in [0.29, 0.717) is 5.69 Å². The Balaban J connectivity index is 1.62. The van der Waals surface area contributed by atoms with Gasteiger partial charge in [-0.2, -0.15) is 0 Å². The van der Waals surface area contributed by atoms with Gasteiger partial charge in [0.2, 0.25) is 5.69 Å². The van der Waals surface area contributed by atoms with Crippen LogP contribution in [0.4, 0.5) is 5.69 Å². The highest BCUT2D eigenvalue weighted by Crippen LogP contribution is 2.38. The monoisotopic (exact) mass is 433 g/mol. The molecule has 0 fully saturated rings. The summed E-state index contributed by atoms with van der Waals surface area (Å²) in [6.07, 6.45) is 0. The van der Waals surface area contributed by atoms with Crippen LogP contribution in [0.15, 0.2) is 115 Å². The molecule has 0 aliphatic heterocycles. The van der Waals surface area contributed by atoms with Crippen LogP contribution in [0.3, 0.4) is 0 Å². The van der Waals surface area contributed by atoms with E-state index in [4.69, 9.17) is 6.57 Å². The highest BCUT2D eigenvalue weighted by Gasteiger charge is 2.17. The standard InChI is InChI=1S/C31H19N3/c1-32-26-13-5-9-17-30(26)34-29-16-8-4-12-24(29)25-19-18-21(20-31(25)34)33-27-14-6-2-10-22(27)23-11-3-7-15-28(23)33/h2-20H. The lowest BCUT2D eigenvalue weighted by Gasteiger charge is -2.12. The summed E-state index contributed by atoms with van der Waals surface area (Å²) < 4.78 is 4.57. The molecule has 2 aromatic heterocycles. The van der Waals surface area contributed by atoms with Crippen LogP contribution in [0.5, 0.6) is 0 Å². The van der Waals surface area contributed by atoms with Crippen LogP contribution >= 0.6 is 0 Å². The predicted molar refractivity (Wildman–Crippen MR) is 141 cm³/mol. The molecule has 2 heterocycles. The van der Waals surface area contributed by atoms with E-state index in [0.717, 1.165) is 22.4 Å². The zero-order chi connectivity index (χ0) is 22.6. The average Bonchev–Trinajstić information content (AvgIpc) is 3.41. The normalized spacial score (nSPS) is 11.5. The second-order valence-corrected chi connectivity index (χ2v) is 8.52. The molecular weight excluding hydrogens is 414 g/mol. The molecule has 34 heavy (non-hydrogen) atoms. The Kier molecular flexibility index (Phi) is 3.91. The molecule has 0 radical (unpaired) electrons. The second-order valence-electron chi connectivity index (χ2n) is 8.52. The van der Waals surface area contributed by atoms with Gasteiger partial charge >= 0.3 is 0 Å². The van der Waals surface area contributed by atoms with E-state index in [9.17, 15) is 0 Å². The molecule has 5 aromatic carbocycles. The quantitative estimate of drug-likeness (QED) is 0.243. The molecule has 0 amide bonds. The van der Waals surface area contributed by atoms with Gasteiger partial charge in [-0.15, -0.1) is 0 Å². The molecule has 0 aliphatic rings. The maximum absolute atomic E-state index is 7.75. The van der Waals surface area contributed by atoms with Crippen molar-refractivity contribution in [1.29, 1.82) is 0 Å². The van der Waals surface area contributed by atoms with Gasteiger partial charge in [0.05, 0.1) is 34.3 Å². The number of benzene rings is 5. The molecule has 0 bridgehead atoms. The van der Waals surface area contributed by atoms with Crippen molar-refractivity contribution in [1.82, 2.24) is 9.13 Å². The summed E-state index contributed by atoms with van der Waals surface area (Å²) in [5.74, 6) is 0. The lowest BCUT2D eigenvalue weighted by atomic mass is 10.1. The third kappa shape index (κ3) is 2.51. The Bertz CT molecular complexity index is 1870. The minimum Gasteiger partial charge on any atom is -0.319 e. The largest absolute Gasteiger partial charge is 0.319 e. The van der Waals surface area contributed by atoms with Crippen molar-refractivity contribution in [2.45, 2.75) is 0 Å². The molecule has 7 rings (SSSR count). The zero-order valence-electron chi connectivity index (χ0n) is 18.3. The van der Waals surface area contributed by atoms with Crippen molar-refractivity contribution in [3.05, 3.63) is 127 Å². The lowest BCUT2D eigenvalue weighted by molar-refractivity contribution is 1.16. The first-order valence-corrected chi connectivity index (χ1v) is 11.3. The molecule has 3 nitrogen and oxygen atoms in total. The molecule has 0 atom stereocenters. The van der Waals surface area contributed by atoms with Gasteiger partial charge in [0.1, 0.15) is 0 Å². The highest BCUT2D eigenvalue weighted by molar-refractivity contribution is 6.12. The van der Waals surface area contributed by atoms with E-state index in [2.05, 4.69) is 105 Å². The van der Waals surface area contributed by atoms with Crippen LogP contribution in [0.2, 0.25) is 0 Å². The van der Waals surface area contributed by atoms with Crippen molar-refractivity contribution in [2.24, 2.45) is 0 Å². The lowest BCUT2D eigenvalue weighted by Crippen LogP contribution is -1.97. The average molecular weight is 434 g/mol. The fourth-order valence-corrected chi connectivity index (χ4v) is 5.31. The number of para-hydroxylation sites is 5. The first kappa shape index (κ1) is 18.7. The van der Waals surface area contributed by atoms with Gasteiger partial charge in [0.15, 0.2) is 0 Å². The Morgan fingerprint density at radius 3 is 1.59 bits per heavy atom. The summed E-state index contributed by atoms with van der Waals surface area (Å²) >= 11 is 0. The van der Waals surface area contributed by atoms with Crippen LogP contribution in [-0.2, 0) is 0 Å². The molecule has 0 saturated carbocycles. The molecule has 3 heteroatoms. The van der Waals surface area contributed by atoms with Gasteiger partial charge in [0, 0.05) is 27.2 Å². The molecule has 0 N–H and O–H groups in total. The minimum absolute atomic E-state index is 0.646. The van der Waals surface area contributed by atoms with E-state index in [1.807, 2.05) is 24.3 Å². The molecule has 0 aliphatic carbocycles. The smallest absolute Gasteiger partial charge is 0.210 e. The number of nitrogens with zero attached hydrogens (tertiary/aromatic N) is 3. The van der Waals surface area contributed by atoms with Gasteiger partial charge in [-0.1, -0.05) is 78.9 Å². The summed E-state index contributed by atoms with van der Waals surface area (Å²) in [6, 6.07) is 40.1. The van der Waals surface area contributed by atoms with E-state index in [-0.39, 0.29) is 0 Å². The van der Waals surface area contributed by atoms with E-state index >= 15 is 0 Å². The zero-order valence-corrected chi connectivity index (χ0v) is 18.3. The van der Waals surface area contributed by atoms with Crippen molar-refractivity contribution < 1.29 is 0 Å². The Hall–Kier alpha value is -4.81. The van der Waals surface area contributed by atoms with Crippen molar-refractivity contribution in [3.63, 3.8) is 0 Å². The third-order valence-electron chi connectivity index (χ3n) is 6.74. The summed E-state index contributed by atoms with van der Waals surface area (Å²) in [5, 5.41) is 4.86. The Morgan fingerprint density at radius 2 is 0.971 bits per heavy atom. The molecule has 0 unspecified atom stereocenters. The summed E-state index contributed by atoms with van der Waals surface area (Å²) in [4.78, 5) is 3.82. The Labute approximate surface area is 196 Å². The molecule has 0 saturated heterocycles. The molecule has 158 valence electrons. The van der Waals surface area contributed by atoms with Crippen molar-refractivity contribution in [3.8, 4) is 11.4 Å². The highest BCUT2D eigenvalue weighted by atomic mass is 15.0. The fraction of sp³-hybridized carbons (Fsp3) is 0. The van der Waals surface area contributed by atoms with Crippen LogP contribution < -0.4 is 0 Å². The maximum atomic E-state index is 7.75. The van der Waals surface area contributed by atoms with Crippen molar-refractivity contribution in [2.75, 3.05) is 0 Å². The predicted octanol–water partition coefficient (Wildman–Crippen LogP) is 8.43. The minimum atomic E-state index is 0.646. The fourth-order valence-electron chi connectivity index (χ4n) is 5.31. The number of hydrogen-bond acceptors (Lipinski definition) is 0. The van der Waals surface area contributed by atoms with Crippen molar-refractivity contribution >= 4 is 49.3 Å². The van der Waals surface area contributed by atoms with Crippen LogP contribution in [0, 0.1) is 6.57 Å². The number of fused-ring (bicyclic) bond motifs is 6. The van der Waals surface area contributed by atoms with E-state index in [1.165, 1.54) is 32.6 Å². The number of hydrogen-bond donors (Lipinski definition) is 0. The van der Waals surface area contributed by atoms with E-state index < -0.39 is 0 Å². The summed E-state index contributed by atoms with van der Waals surface area (Å²) in [7, 11) is 0. The summed E-state index contributed by atoms with van der Waals surface area (Å²) in [6.45, 7) is 7.75. The Morgan fingerprint density at radius 1 is 0.471 bits per heavy atom. The SMILES string of the molecule is [C-]#[N+]c1ccccc1-n1c2ccccc2c2ccc(-n3c4ccccc4c4ccccc43)cc21. The van der Waals surface area contributed by atoms with Gasteiger partial charge in [-0.25, -0.2) is 4.85 Å². The third-order valence-corrected chi connectivity index (χ3v) is 6.74. The first-order valence-electron chi connectivity index (χ1n) is 11.3. The van der Waals surface area contributed by atoms with Gasteiger partial charge in [-0.3, -0.25) is 0 Å². The second kappa shape index (κ2) is 7.10. The number of aromatic nitrogens is 2. The van der Waals surface area contributed by atoms with E-state index in [1.54, 1.807) is 0 Å². The van der Waals surface area contributed by atoms with Crippen LogP contribution in [-0.4, -0.2) is 9.13 Å². The molecule has 7 aromatic rings. The van der Waals surface area contributed by atoms with Crippen LogP contribution in [0.1, 0.15) is 0 Å². The van der Waals surface area contributed by atoms with Gasteiger partial charge in [0.25, 0.3) is 0 Å². The molecular formula is C31H19N3. The maximum Gasteiger partial charge on any atom is 0.210 e. The van der Waals surface area contributed by atoms with Gasteiger partial charge < -0.3 is 9.13 Å². The van der Waals surface area contributed by atoms with Gasteiger partial charge in [-0.05, 0) is 36.4 Å². The first-order chi connectivity index (χ1) is 16.8. The topological polar surface area (TPSA) is 14.2 Å². The number of rotatable bonds is 2. The van der Waals surface area contributed by atoms with Crippen LogP contribution in [0.25, 0.3) is 59.8 Å².